The fourth-order valence-electron chi connectivity index (χ4n) is 1.52. The molecule has 3 N–H and O–H groups in total. The lowest BCUT2D eigenvalue weighted by atomic mass is 9.84. The molecule has 0 fully saturated rings. The molecule has 11 heavy (non-hydrogen) atoms. The van der Waals surface area contributed by atoms with Crippen LogP contribution in [0.1, 0.15) is 33.6 Å². The van der Waals surface area contributed by atoms with E-state index in [0.29, 0.717) is 11.8 Å². The lowest BCUT2D eigenvalue weighted by molar-refractivity contribution is 0.205. The molecule has 2 heteroatoms. The Morgan fingerprint density at radius 1 is 1.36 bits per heavy atom. The summed E-state index contributed by atoms with van der Waals surface area (Å²) < 4.78 is 0. The summed E-state index contributed by atoms with van der Waals surface area (Å²) in [4.78, 5) is 0. The Bertz CT molecular complexity index is 93.6. The normalized spacial score (nSPS) is 19.4. The van der Waals surface area contributed by atoms with Crippen LogP contribution >= 0.6 is 0 Å². The molecule has 0 aliphatic rings. The van der Waals surface area contributed by atoms with Gasteiger partial charge in [-0.2, -0.15) is 0 Å². The molecule has 0 radical (unpaired) electrons. The zero-order valence-electron chi connectivity index (χ0n) is 7.88. The number of rotatable bonds is 5. The van der Waals surface area contributed by atoms with Crippen LogP contribution in [0, 0.1) is 11.8 Å². The molecule has 0 rings (SSSR count). The number of aliphatic hydroxyl groups excluding tert-OH is 1. The molecule has 0 spiro atoms. The fraction of sp³-hybridized carbons (Fsp3) is 1.00. The predicted molar refractivity (Wildman–Crippen MR) is 48.3 cm³/mol. The average molecular weight is 159 g/mol. The van der Waals surface area contributed by atoms with Crippen LogP contribution in [0.2, 0.25) is 0 Å². The van der Waals surface area contributed by atoms with Crippen LogP contribution in [0.4, 0.5) is 0 Å². The van der Waals surface area contributed by atoms with Crippen LogP contribution in [-0.2, 0) is 0 Å². The zero-order valence-corrected chi connectivity index (χ0v) is 7.88. The predicted octanol–water partition coefficient (Wildman–Crippen LogP) is 1.38. The quantitative estimate of drug-likeness (QED) is 0.636. The Labute approximate surface area is 69.8 Å². The molecule has 2 nitrogen and oxygen atoms in total. The van der Waals surface area contributed by atoms with Gasteiger partial charge in [-0.05, 0) is 25.2 Å². The van der Waals surface area contributed by atoms with Crippen LogP contribution in [0.5, 0.6) is 0 Å². The molecule has 3 atom stereocenters. The summed E-state index contributed by atoms with van der Waals surface area (Å²) in [6.45, 7) is 6.64. The third-order valence-corrected chi connectivity index (χ3v) is 2.51. The molecule has 68 valence electrons. The van der Waals surface area contributed by atoms with Crippen molar-refractivity contribution in [2.75, 3.05) is 6.61 Å². The second-order valence-corrected chi connectivity index (χ2v) is 3.42. The van der Waals surface area contributed by atoms with E-state index in [-0.39, 0.29) is 12.6 Å². The Hall–Kier alpha value is -0.0800. The molecule has 0 amide bonds. The Morgan fingerprint density at radius 3 is 2.18 bits per heavy atom. The van der Waals surface area contributed by atoms with Crippen molar-refractivity contribution in [2.24, 2.45) is 17.6 Å². The van der Waals surface area contributed by atoms with Crippen LogP contribution in [0.15, 0.2) is 0 Å². The highest BCUT2D eigenvalue weighted by atomic mass is 16.3. The van der Waals surface area contributed by atoms with Crippen molar-refractivity contribution in [2.45, 2.75) is 39.7 Å². The molecule has 0 aliphatic carbocycles. The molecule has 0 saturated carbocycles. The number of nitrogens with two attached hydrogens (primary N) is 1. The van der Waals surface area contributed by atoms with Gasteiger partial charge in [0.25, 0.3) is 0 Å². The number of aliphatic hydroxyl groups is 1. The summed E-state index contributed by atoms with van der Waals surface area (Å²) in [6, 6.07) is 0.206. The van der Waals surface area contributed by atoms with Gasteiger partial charge < -0.3 is 10.8 Å². The molecule has 0 heterocycles. The summed E-state index contributed by atoms with van der Waals surface area (Å²) in [5, 5.41) is 8.77. The van der Waals surface area contributed by atoms with Crippen molar-refractivity contribution in [3.05, 3.63) is 0 Å². The van der Waals surface area contributed by atoms with Gasteiger partial charge >= 0.3 is 0 Å². The standard InChI is InChI=1S/C9H21NO/c1-4-7(2)9(5-6-11)8(3)10/h7-9,11H,4-6,10H2,1-3H3. The Kier molecular flexibility index (Phi) is 5.51. The second-order valence-electron chi connectivity index (χ2n) is 3.42. The molecule has 0 aliphatic heterocycles. The summed E-state index contributed by atoms with van der Waals surface area (Å²) in [7, 11) is 0. The van der Waals surface area contributed by atoms with E-state index in [1.54, 1.807) is 0 Å². The van der Waals surface area contributed by atoms with E-state index in [1.807, 2.05) is 6.92 Å². The molecule has 0 aromatic rings. The summed E-state index contributed by atoms with van der Waals surface area (Å²) in [6.07, 6.45) is 1.98. The van der Waals surface area contributed by atoms with Crippen molar-refractivity contribution in [3.63, 3.8) is 0 Å². The molecule has 0 saturated heterocycles. The van der Waals surface area contributed by atoms with Gasteiger partial charge in [0.05, 0.1) is 0 Å². The highest BCUT2D eigenvalue weighted by Gasteiger charge is 2.18. The maximum absolute atomic E-state index is 8.77. The molecule has 0 aromatic carbocycles. The van der Waals surface area contributed by atoms with Crippen molar-refractivity contribution >= 4 is 0 Å². The summed E-state index contributed by atoms with van der Waals surface area (Å²) in [5.74, 6) is 1.10. The molecule has 0 bridgehead atoms. The monoisotopic (exact) mass is 159 g/mol. The van der Waals surface area contributed by atoms with Gasteiger partial charge in [-0.1, -0.05) is 20.3 Å². The molecular formula is C9H21NO. The lowest BCUT2D eigenvalue weighted by Crippen LogP contribution is -2.32. The van der Waals surface area contributed by atoms with Crippen molar-refractivity contribution in [3.8, 4) is 0 Å². The third kappa shape index (κ3) is 3.73. The van der Waals surface area contributed by atoms with Crippen molar-refractivity contribution in [1.29, 1.82) is 0 Å². The summed E-state index contributed by atoms with van der Waals surface area (Å²) >= 11 is 0. The minimum atomic E-state index is 0.206. The van der Waals surface area contributed by atoms with E-state index in [9.17, 15) is 0 Å². The van der Waals surface area contributed by atoms with E-state index in [2.05, 4.69) is 13.8 Å². The van der Waals surface area contributed by atoms with E-state index >= 15 is 0 Å². The first-order chi connectivity index (χ1) is 5.13. The fourth-order valence-corrected chi connectivity index (χ4v) is 1.52. The minimum absolute atomic E-state index is 0.206. The van der Waals surface area contributed by atoms with Gasteiger partial charge in [0.15, 0.2) is 0 Å². The molecular weight excluding hydrogens is 138 g/mol. The summed E-state index contributed by atoms with van der Waals surface area (Å²) in [5.41, 5.74) is 5.79. The first kappa shape index (κ1) is 10.9. The smallest absolute Gasteiger partial charge is 0.0434 e. The maximum atomic E-state index is 8.77. The zero-order chi connectivity index (χ0) is 8.85. The highest BCUT2D eigenvalue weighted by Crippen LogP contribution is 2.20. The van der Waals surface area contributed by atoms with Crippen LogP contribution in [0.3, 0.4) is 0 Å². The van der Waals surface area contributed by atoms with Gasteiger partial charge in [-0.15, -0.1) is 0 Å². The van der Waals surface area contributed by atoms with Gasteiger partial charge in [-0.25, -0.2) is 0 Å². The largest absolute Gasteiger partial charge is 0.396 e. The van der Waals surface area contributed by atoms with Crippen LogP contribution < -0.4 is 5.73 Å². The highest BCUT2D eigenvalue weighted by molar-refractivity contribution is 4.72. The first-order valence-corrected chi connectivity index (χ1v) is 4.49. The van der Waals surface area contributed by atoms with Crippen LogP contribution in [0.25, 0.3) is 0 Å². The Morgan fingerprint density at radius 2 is 1.91 bits per heavy atom. The molecule has 0 aromatic heterocycles. The van der Waals surface area contributed by atoms with E-state index in [4.69, 9.17) is 10.8 Å². The topological polar surface area (TPSA) is 46.2 Å². The number of hydrogen-bond donors (Lipinski definition) is 2. The first-order valence-electron chi connectivity index (χ1n) is 4.49. The van der Waals surface area contributed by atoms with Gasteiger partial charge in [0, 0.05) is 12.6 Å². The van der Waals surface area contributed by atoms with Crippen molar-refractivity contribution < 1.29 is 5.11 Å². The van der Waals surface area contributed by atoms with Gasteiger partial charge in [0.1, 0.15) is 0 Å². The SMILES string of the molecule is CCC(C)C(CCO)C(C)N. The lowest BCUT2D eigenvalue weighted by Gasteiger charge is -2.25. The van der Waals surface area contributed by atoms with Crippen LogP contribution in [-0.4, -0.2) is 17.8 Å². The van der Waals surface area contributed by atoms with Gasteiger partial charge in [0.2, 0.25) is 0 Å². The maximum Gasteiger partial charge on any atom is 0.0434 e. The second kappa shape index (κ2) is 5.56. The minimum Gasteiger partial charge on any atom is -0.396 e. The third-order valence-electron chi connectivity index (χ3n) is 2.51. The van der Waals surface area contributed by atoms with E-state index < -0.39 is 0 Å². The average Bonchev–Trinajstić information content (AvgIpc) is 1.98. The van der Waals surface area contributed by atoms with E-state index in [1.165, 1.54) is 0 Å². The van der Waals surface area contributed by atoms with E-state index in [0.717, 1.165) is 12.8 Å². The molecule has 3 unspecified atom stereocenters. The Balaban J connectivity index is 3.87. The number of hydrogen-bond acceptors (Lipinski definition) is 2. The van der Waals surface area contributed by atoms with Crippen molar-refractivity contribution in [1.82, 2.24) is 0 Å². The van der Waals surface area contributed by atoms with Gasteiger partial charge in [-0.3, -0.25) is 0 Å².